The number of aromatic nitrogens is 4. The number of ether oxygens (including phenoxy) is 1. The Labute approximate surface area is 188 Å². The first-order valence-corrected chi connectivity index (χ1v) is 11.3. The average molecular weight is 481 g/mol. The Morgan fingerprint density at radius 1 is 1.13 bits per heavy atom. The third-order valence-corrected chi connectivity index (χ3v) is 6.77. The summed E-state index contributed by atoms with van der Waals surface area (Å²) in [5.41, 5.74) is 1.77. The highest BCUT2D eigenvalue weighted by Crippen LogP contribution is 2.45. The number of pyridine rings is 1. The van der Waals surface area contributed by atoms with Crippen LogP contribution in [0, 0.1) is 0 Å². The summed E-state index contributed by atoms with van der Waals surface area (Å²) in [5, 5.41) is 4.67. The highest BCUT2D eigenvalue weighted by atomic mass is 79.9. The maximum atomic E-state index is 13.0. The molecule has 8 nitrogen and oxygen atoms in total. The van der Waals surface area contributed by atoms with Crippen molar-refractivity contribution in [1.82, 2.24) is 29.5 Å². The van der Waals surface area contributed by atoms with Gasteiger partial charge in [-0.25, -0.2) is 9.67 Å². The molecule has 6 rings (SSSR count). The number of carbonyl (C=O) groups excluding carboxylic acids is 1. The van der Waals surface area contributed by atoms with Gasteiger partial charge in [0.2, 0.25) is 5.82 Å². The number of likely N-dealkylation sites (tertiary alicyclic amines) is 1. The maximum Gasteiger partial charge on any atom is 0.293 e. The van der Waals surface area contributed by atoms with Gasteiger partial charge in [0.25, 0.3) is 5.91 Å². The fourth-order valence-corrected chi connectivity index (χ4v) is 5.22. The Morgan fingerprint density at radius 2 is 2.00 bits per heavy atom. The van der Waals surface area contributed by atoms with E-state index in [9.17, 15) is 4.79 Å². The number of benzene rings is 1. The van der Waals surface area contributed by atoms with Crippen LogP contribution < -0.4 is 0 Å². The largest absolute Gasteiger partial charge is 0.349 e. The van der Waals surface area contributed by atoms with Gasteiger partial charge in [-0.05, 0) is 43.2 Å². The van der Waals surface area contributed by atoms with Crippen LogP contribution in [0.4, 0.5) is 0 Å². The summed E-state index contributed by atoms with van der Waals surface area (Å²) < 4.78 is 9.19. The first-order chi connectivity index (χ1) is 15.2. The fraction of sp³-hybridized carbons (Fsp3) is 0.364. The van der Waals surface area contributed by atoms with E-state index in [4.69, 9.17) is 9.72 Å². The molecule has 158 valence electrons. The van der Waals surface area contributed by atoms with Gasteiger partial charge in [-0.15, -0.1) is 5.10 Å². The molecule has 2 fully saturated rings. The van der Waals surface area contributed by atoms with E-state index in [1.54, 1.807) is 10.9 Å². The number of hydrogen-bond donors (Lipinski definition) is 0. The molecule has 0 radical (unpaired) electrons. The van der Waals surface area contributed by atoms with Gasteiger partial charge in [0.1, 0.15) is 5.82 Å². The lowest BCUT2D eigenvalue weighted by molar-refractivity contribution is -0.0585. The minimum absolute atomic E-state index is 0.0922. The second-order valence-electron chi connectivity index (χ2n) is 8.05. The molecule has 31 heavy (non-hydrogen) atoms. The van der Waals surface area contributed by atoms with E-state index in [1.807, 2.05) is 35.2 Å². The van der Waals surface area contributed by atoms with E-state index in [0.29, 0.717) is 13.2 Å². The topological polar surface area (TPSA) is 76.4 Å². The zero-order valence-electron chi connectivity index (χ0n) is 16.9. The van der Waals surface area contributed by atoms with Crippen LogP contribution in [-0.2, 0) is 17.0 Å². The quantitative estimate of drug-likeness (QED) is 0.561. The number of hydrogen-bond acceptors (Lipinski definition) is 6. The molecule has 1 aromatic carbocycles. The summed E-state index contributed by atoms with van der Waals surface area (Å²) in [7, 11) is 0. The molecule has 1 unspecified atom stereocenters. The summed E-state index contributed by atoms with van der Waals surface area (Å²) in [6.07, 6.45) is 3.86. The van der Waals surface area contributed by atoms with Gasteiger partial charge in [-0.1, -0.05) is 22.0 Å². The lowest BCUT2D eigenvalue weighted by Crippen LogP contribution is -2.43. The van der Waals surface area contributed by atoms with Crippen molar-refractivity contribution in [3.8, 4) is 5.69 Å². The summed E-state index contributed by atoms with van der Waals surface area (Å²) in [6, 6.07) is 11.9. The summed E-state index contributed by atoms with van der Waals surface area (Å²) >= 11 is 3.62. The Bertz CT molecular complexity index is 1160. The monoisotopic (exact) mass is 480 g/mol. The molecular formula is C22H21BrN6O2. The first kappa shape index (κ1) is 19.1. The number of rotatable bonds is 2. The smallest absolute Gasteiger partial charge is 0.293 e. The number of amides is 1. The molecule has 2 saturated heterocycles. The van der Waals surface area contributed by atoms with Crippen molar-refractivity contribution in [2.75, 3.05) is 26.2 Å². The lowest BCUT2D eigenvalue weighted by Gasteiger charge is -2.35. The van der Waals surface area contributed by atoms with E-state index < -0.39 is 5.72 Å². The molecule has 0 saturated carbocycles. The third-order valence-electron chi connectivity index (χ3n) is 6.27. The van der Waals surface area contributed by atoms with Crippen LogP contribution in [-0.4, -0.2) is 61.7 Å². The van der Waals surface area contributed by atoms with Crippen molar-refractivity contribution in [2.24, 2.45) is 0 Å². The van der Waals surface area contributed by atoms with E-state index in [-0.39, 0.29) is 11.7 Å². The Kier molecular flexibility index (Phi) is 4.45. The standard InChI is InChI=1S/C22H21BrN6O2/c23-15-6-7-17-16(13-15)22(18-5-1-2-8-24-18)28(11-12-31-22)14-19-25-20(26-29(17)19)21(30)27-9-3-4-10-27/h1-2,5-8,13H,3-4,9-12,14H2. The van der Waals surface area contributed by atoms with Crippen molar-refractivity contribution >= 4 is 21.8 Å². The zero-order chi connectivity index (χ0) is 21.0. The second kappa shape index (κ2) is 7.22. The predicted molar refractivity (Wildman–Crippen MR) is 116 cm³/mol. The van der Waals surface area contributed by atoms with Crippen molar-refractivity contribution in [2.45, 2.75) is 25.1 Å². The third kappa shape index (κ3) is 2.87. The molecule has 1 amide bonds. The van der Waals surface area contributed by atoms with Gasteiger partial charge in [0, 0.05) is 35.9 Å². The molecule has 0 N–H and O–H groups in total. The number of halogens is 1. The van der Waals surface area contributed by atoms with E-state index in [0.717, 1.165) is 59.7 Å². The Hall–Kier alpha value is -2.62. The molecule has 0 bridgehead atoms. The van der Waals surface area contributed by atoms with E-state index >= 15 is 0 Å². The Balaban J connectivity index is 1.54. The molecule has 3 aliphatic rings. The van der Waals surface area contributed by atoms with Gasteiger partial charge < -0.3 is 9.64 Å². The maximum absolute atomic E-state index is 13.0. The minimum atomic E-state index is -0.831. The van der Waals surface area contributed by atoms with Crippen LogP contribution in [0.3, 0.4) is 0 Å². The van der Waals surface area contributed by atoms with Gasteiger partial charge in [0.15, 0.2) is 5.72 Å². The molecule has 5 heterocycles. The number of fused-ring (bicyclic) bond motifs is 5. The van der Waals surface area contributed by atoms with E-state index in [2.05, 4.69) is 37.0 Å². The molecule has 2 aromatic heterocycles. The zero-order valence-corrected chi connectivity index (χ0v) is 18.5. The summed E-state index contributed by atoms with van der Waals surface area (Å²) in [4.78, 5) is 26.4. The van der Waals surface area contributed by atoms with Crippen molar-refractivity contribution in [3.63, 3.8) is 0 Å². The van der Waals surface area contributed by atoms with Gasteiger partial charge in [0.05, 0.1) is 24.5 Å². The van der Waals surface area contributed by atoms with Crippen LogP contribution in [0.2, 0.25) is 0 Å². The van der Waals surface area contributed by atoms with E-state index in [1.165, 1.54) is 0 Å². The predicted octanol–water partition coefficient (Wildman–Crippen LogP) is 2.71. The highest BCUT2D eigenvalue weighted by Gasteiger charge is 2.51. The van der Waals surface area contributed by atoms with Crippen LogP contribution in [0.1, 0.15) is 40.5 Å². The SMILES string of the molecule is O=C(c1nc2n(n1)-c1ccc(Br)cc1C1(c3ccccn3)OCCN1C2)N1CCCC1. The molecular weight excluding hydrogens is 460 g/mol. The molecule has 9 heteroatoms. The van der Waals surface area contributed by atoms with Gasteiger partial charge in [-0.3, -0.25) is 14.7 Å². The highest BCUT2D eigenvalue weighted by molar-refractivity contribution is 9.10. The average Bonchev–Trinajstić information content (AvgIpc) is 3.54. The Morgan fingerprint density at radius 3 is 2.81 bits per heavy atom. The second-order valence-corrected chi connectivity index (χ2v) is 8.97. The normalized spacial score (nSPS) is 22.7. The fourth-order valence-electron chi connectivity index (χ4n) is 4.85. The lowest BCUT2D eigenvalue weighted by atomic mass is 9.95. The number of carbonyl (C=O) groups is 1. The van der Waals surface area contributed by atoms with Crippen molar-refractivity contribution in [3.05, 3.63) is 70.0 Å². The molecule has 3 aliphatic heterocycles. The summed E-state index contributed by atoms with van der Waals surface area (Å²) in [5.74, 6) is 0.899. The van der Waals surface area contributed by atoms with Gasteiger partial charge >= 0.3 is 0 Å². The van der Waals surface area contributed by atoms with Crippen LogP contribution >= 0.6 is 15.9 Å². The van der Waals surface area contributed by atoms with Crippen LogP contribution in [0.25, 0.3) is 5.69 Å². The van der Waals surface area contributed by atoms with Crippen LogP contribution in [0.5, 0.6) is 0 Å². The molecule has 0 aliphatic carbocycles. The minimum Gasteiger partial charge on any atom is -0.349 e. The molecule has 0 spiro atoms. The van der Waals surface area contributed by atoms with Crippen molar-refractivity contribution in [1.29, 1.82) is 0 Å². The van der Waals surface area contributed by atoms with Crippen LogP contribution in [0.15, 0.2) is 47.1 Å². The molecule has 3 aromatic rings. The molecule has 1 atom stereocenters. The van der Waals surface area contributed by atoms with Gasteiger partial charge in [-0.2, -0.15) is 0 Å². The van der Waals surface area contributed by atoms with Crippen molar-refractivity contribution < 1.29 is 9.53 Å². The summed E-state index contributed by atoms with van der Waals surface area (Å²) in [6.45, 7) is 3.36. The number of nitrogens with zero attached hydrogens (tertiary/aromatic N) is 6. The first-order valence-electron chi connectivity index (χ1n) is 10.5.